The van der Waals surface area contributed by atoms with Gasteiger partial charge < -0.3 is 10.2 Å². The Kier molecular flexibility index (Phi) is 4.40. The third-order valence-electron chi connectivity index (χ3n) is 3.24. The van der Waals surface area contributed by atoms with Gasteiger partial charge in [0.1, 0.15) is 0 Å². The van der Waals surface area contributed by atoms with Gasteiger partial charge >= 0.3 is 6.18 Å². The third kappa shape index (κ3) is 3.23. The van der Waals surface area contributed by atoms with Crippen molar-refractivity contribution in [2.75, 3.05) is 24.5 Å². The van der Waals surface area contributed by atoms with Crippen LogP contribution in [-0.2, 0) is 6.18 Å². The van der Waals surface area contributed by atoms with Crippen LogP contribution in [0, 0.1) is 0 Å². The van der Waals surface area contributed by atoms with Gasteiger partial charge in [-0.2, -0.15) is 13.2 Å². The maximum atomic E-state index is 13.1. The standard InChI is InChI=1S/C13H16BrF3N2/c1-2-5-19(10-7-18-8-10)12-6-9(14)3-4-11(12)13(15,16)17/h3-4,6,10,18H,2,5,7-8H2,1H3. The molecule has 0 radical (unpaired) electrons. The lowest BCUT2D eigenvalue weighted by Gasteiger charge is -2.41. The van der Waals surface area contributed by atoms with Crippen LogP contribution in [0.25, 0.3) is 0 Å². The Hall–Kier alpha value is -0.750. The highest BCUT2D eigenvalue weighted by Gasteiger charge is 2.37. The van der Waals surface area contributed by atoms with Crippen LogP contribution >= 0.6 is 15.9 Å². The molecule has 2 rings (SSSR count). The van der Waals surface area contributed by atoms with Crippen LogP contribution < -0.4 is 10.2 Å². The van der Waals surface area contributed by atoms with Crippen molar-refractivity contribution in [2.45, 2.75) is 25.6 Å². The summed E-state index contributed by atoms with van der Waals surface area (Å²) in [5.74, 6) is 0. The number of alkyl halides is 3. The van der Waals surface area contributed by atoms with Crippen LogP contribution in [0.2, 0.25) is 0 Å². The minimum atomic E-state index is -4.32. The number of anilines is 1. The number of halogens is 4. The summed E-state index contributed by atoms with van der Waals surface area (Å²) in [5.41, 5.74) is -0.286. The quantitative estimate of drug-likeness (QED) is 0.902. The van der Waals surface area contributed by atoms with Crippen molar-refractivity contribution in [1.82, 2.24) is 5.32 Å². The second kappa shape index (κ2) is 5.71. The van der Waals surface area contributed by atoms with Gasteiger partial charge in [0.15, 0.2) is 0 Å². The van der Waals surface area contributed by atoms with Crippen molar-refractivity contribution >= 4 is 21.6 Å². The van der Waals surface area contributed by atoms with E-state index in [0.29, 0.717) is 11.0 Å². The van der Waals surface area contributed by atoms with E-state index in [0.717, 1.165) is 25.6 Å². The van der Waals surface area contributed by atoms with Crippen LogP contribution in [0.15, 0.2) is 22.7 Å². The minimum absolute atomic E-state index is 0.148. The van der Waals surface area contributed by atoms with Gasteiger partial charge in [-0.25, -0.2) is 0 Å². The Bertz CT molecular complexity index is 444. The third-order valence-corrected chi connectivity index (χ3v) is 3.73. The summed E-state index contributed by atoms with van der Waals surface area (Å²) in [6, 6.07) is 4.30. The number of rotatable bonds is 4. The largest absolute Gasteiger partial charge is 0.418 e. The highest BCUT2D eigenvalue weighted by molar-refractivity contribution is 9.10. The fraction of sp³-hybridized carbons (Fsp3) is 0.538. The molecule has 1 aliphatic heterocycles. The fourth-order valence-electron chi connectivity index (χ4n) is 2.22. The molecule has 1 aromatic carbocycles. The van der Waals surface area contributed by atoms with Crippen molar-refractivity contribution in [3.05, 3.63) is 28.2 Å². The van der Waals surface area contributed by atoms with Crippen LogP contribution in [0.4, 0.5) is 18.9 Å². The molecule has 0 aromatic heterocycles. The van der Waals surface area contributed by atoms with Crippen molar-refractivity contribution < 1.29 is 13.2 Å². The van der Waals surface area contributed by atoms with Crippen LogP contribution in [0.5, 0.6) is 0 Å². The van der Waals surface area contributed by atoms with E-state index in [9.17, 15) is 13.2 Å². The Morgan fingerprint density at radius 1 is 1.37 bits per heavy atom. The van der Waals surface area contributed by atoms with E-state index in [2.05, 4.69) is 21.2 Å². The van der Waals surface area contributed by atoms with Crippen molar-refractivity contribution in [2.24, 2.45) is 0 Å². The smallest absolute Gasteiger partial charge is 0.365 e. The minimum Gasteiger partial charge on any atom is -0.365 e. The molecule has 0 saturated carbocycles. The van der Waals surface area contributed by atoms with Crippen LogP contribution in [-0.4, -0.2) is 25.7 Å². The Labute approximate surface area is 119 Å². The van der Waals surface area contributed by atoms with Gasteiger partial charge in [-0.3, -0.25) is 0 Å². The predicted molar refractivity (Wildman–Crippen MR) is 73.4 cm³/mol. The molecule has 0 aliphatic carbocycles. The molecule has 2 nitrogen and oxygen atoms in total. The first kappa shape index (κ1) is 14.7. The maximum Gasteiger partial charge on any atom is 0.418 e. The topological polar surface area (TPSA) is 15.3 Å². The summed E-state index contributed by atoms with van der Waals surface area (Å²) in [6.45, 7) is 4.09. The summed E-state index contributed by atoms with van der Waals surface area (Å²) in [4.78, 5) is 1.87. The monoisotopic (exact) mass is 336 g/mol. The second-order valence-electron chi connectivity index (χ2n) is 4.66. The lowest BCUT2D eigenvalue weighted by molar-refractivity contribution is -0.137. The molecule has 19 heavy (non-hydrogen) atoms. The average molecular weight is 337 g/mol. The normalized spacial score (nSPS) is 16.3. The Morgan fingerprint density at radius 3 is 2.53 bits per heavy atom. The molecule has 0 amide bonds. The van der Waals surface area contributed by atoms with Gasteiger partial charge in [0.25, 0.3) is 0 Å². The zero-order valence-electron chi connectivity index (χ0n) is 10.6. The number of nitrogens with one attached hydrogen (secondary N) is 1. The summed E-state index contributed by atoms with van der Waals surface area (Å²) < 4.78 is 40.0. The summed E-state index contributed by atoms with van der Waals surface area (Å²) >= 11 is 3.26. The molecular weight excluding hydrogens is 321 g/mol. The van der Waals surface area contributed by atoms with E-state index in [1.54, 1.807) is 6.07 Å². The maximum absolute atomic E-state index is 13.1. The van der Waals surface area contributed by atoms with E-state index >= 15 is 0 Å². The number of benzene rings is 1. The Balaban J connectivity index is 2.41. The number of hydrogen-bond acceptors (Lipinski definition) is 2. The summed E-state index contributed by atoms with van der Waals surface area (Å²) in [7, 11) is 0. The molecule has 1 saturated heterocycles. The first-order valence-corrected chi connectivity index (χ1v) is 7.07. The van der Waals surface area contributed by atoms with Gasteiger partial charge in [0.2, 0.25) is 0 Å². The molecule has 106 valence electrons. The molecule has 1 fully saturated rings. The first-order chi connectivity index (χ1) is 8.93. The summed E-state index contributed by atoms with van der Waals surface area (Å²) in [6.07, 6.45) is -3.50. The SMILES string of the molecule is CCCN(c1cc(Br)ccc1C(F)(F)F)C1CNC1. The van der Waals surface area contributed by atoms with Crippen molar-refractivity contribution in [1.29, 1.82) is 0 Å². The zero-order chi connectivity index (χ0) is 14.0. The lowest BCUT2D eigenvalue weighted by atomic mass is 10.1. The van der Waals surface area contributed by atoms with E-state index in [4.69, 9.17) is 0 Å². The molecular formula is C13H16BrF3N2. The molecule has 0 spiro atoms. The van der Waals surface area contributed by atoms with E-state index in [1.807, 2.05) is 11.8 Å². The molecule has 1 heterocycles. The summed E-state index contributed by atoms with van der Waals surface area (Å²) in [5, 5.41) is 3.11. The van der Waals surface area contributed by atoms with Gasteiger partial charge in [-0.05, 0) is 24.6 Å². The van der Waals surface area contributed by atoms with E-state index in [-0.39, 0.29) is 11.7 Å². The van der Waals surface area contributed by atoms with Gasteiger partial charge in [-0.15, -0.1) is 0 Å². The number of nitrogens with zero attached hydrogens (tertiary/aromatic N) is 1. The molecule has 1 aliphatic rings. The molecule has 0 bridgehead atoms. The van der Waals surface area contributed by atoms with Gasteiger partial charge in [0, 0.05) is 24.1 Å². The van der Waals surface area contributed by atoms with Crippen molar-refractivity contribution in [3.8, 4) is 0 Å². The van der Waals surface area contributed by atoms with E-state index < -0.39 is 11.7 Å². The van der Waals surface area contributed by atoms with E-state index in [1.165, 1.54) is 6.07 Å². The van der Waals surface area contributed by atoms with Crippen LogP contribution in [0.1, 0.15) is 18.9 Å². The second-order valence-corrected chi connectivity index (χ2v) is 5.58. The number of hydrogen-bond donors (Lipinski definition) is 1. The first-order valence-electron chi connectivity index (χ1n) is 6.27. The zero-order valence-corrected chi connectivity index (χ0v) is 12.2. The molecule has 6 heteroatoms. The average Bonchev–Trinajstić information content (AvgIpc) is 2.24. The van der Waals surface area contributed by atoms with Gasteiger partial charge in [0.05, 0.1) is 17.3 Å². The fourth-order valence-corrected chi connectivity index (χ4v) is 2.57. The van der Waals surface area contributed by atoms with Gasteiger partial charge in [-0.1, -0.05) is 22.9 Å². The van der Waals surface area contributed by atoms with Crippen LogP contribution in [0.3, 0.4) is 0 Å². The highest BCUT2D eigenvalue weighted by atomic mass is 79.9. The van der Waals surface area contributed by atoms with Crippen molar-refractivity contribution in [3.63, 3.8) is 0 Å². The lowest BCUT2D eigenvalue weighted by Crippen LogP contribution is -2.58. The molecule has 0 atom stereocenters. The molecule has 1 N–H and O–H groups in total. The highest BCUT2D eigenvalue weighted by Crippen LogP contribution is 2.39. The molecule has 0 unspecified atom stereocenters. The predicted octanol–water partition coefficient (Wildman–Crippen LogP) is 3.66. The Morgan fingerprint density at radius 2 is 2.05 bits per heavy atom. The molecule has 1 aromatic rings.